The van der Waals surface area contributed by atoms with Crippen molar-refractivity contribution >= 4 is 12.6 Å². The van der Waals surface area contributed by atoms with Crippen molar-refractivity contribution in [3.63, 3.8) is 0 Å². The highest BCUT2D eigenvalue weighted by Gasteiger charge is 2.51. The van der Waals surface area contributed by atoms with E-state index in [1.165, 1.54) is 25.7 Å². The molecule has 3 rings (SSSR count). The molecular weight excluding hydrogens is 237 g/mol. The molecule has 3 nitrogen and oxygen atoms in total. The van der Waals surface area contributed by atoms with E-state index in [2.05, 4.69) is 50.7 Å². The van der Waals surface area contributed by atoms with E-state index in [0.29, 0.717) is 6.04 Å². The summed E-state index contributed by atoms with van der Waals surface area (Å²) in [6, 6.07) is 2.82. The monoisotopic (exact) mass is 261 g/mol. The second kappa shape index (κ2) is 4.39. The van der Waals surface area contributed by atoms with E-state index < -0.39 is 0 Å². The Balaban J connectivity index is 1.77. The first-order chi connectivity index (χ1) is 8.89. The maximum Gasteiger partial charge on any atom is 0.496 e. The Morgan fingerprint density at radius 3 is 2.26 bits per heavy atom. The highest BCUT2D eigenvalue weighted by molar-refractivity contribution is 6.62. The van der Waals surface area contributed by atoms with Gasteiger partial charge in [-0.3, -0.25) is 0 Å². The van der Waals surface area contributed by atoms with Gasteiger partial charge in [0.2, 0.25) is 0 Å². The van der Waals surface area contributed by atoms with Gasteiger partial charge >= 0.3 is 7.12 Å². The second-order valence-electron chi connectivity index (χ2n) is 6.92. The molecule has 104 valence electrons. The third-order valence-electron chi connectivity index (χ3n) is 5.01. The first-order valence-electron chi connectivity index (χ1n) is 7.42. The summed E-state index contributed by atoms with van der Waals surface area (Å²) in [6.07, 6.45) is 9.70. The zero-order valence-electron chi connectivity index (χ0n) is 12.5. The smallest absolute Gasteiger partial charge is 0.399 e. The van der Waals surface area contributed by atoms with Crippen molar-refractivity contribution in [1.29, 1.82) is 0 Å². The van der Waals surface area contributed by atoms with Crippen LogP contribution in [0.3, 0.4) is 0 Å². The van der Waals surface area contributed by atoms with Crippen LogP contribution in [0.2, 0.25) is 0 Å². The lowest BCUT2D eigenvalue weighted by atomic mass is 9.81. The molecule has 0 spiro atoms. The quantitative estimate of drug-likeness (QED) is 0.764. The summed E-state index contributed by atoms with van der Waals surface area (Å²) in [5.74, 6) is 0. The van der Waals surface area contributed by atoms with Crippen LogP contribution in [0.15, 0.2) is 18.5 Å². The molecule has 0 radical (unpaired) electrons. The Kier molecular flexibility index (Phi) is 3.06. The molecule has 2 fully saturated rings. The molecular formula is C15H24BNO2. The number of hydrogen-bond acceptors (Lipinski definition) is 2. The molecule has 0 unspecified atom stereocenters. The van der Waals surface area contributed by atoms with Gasteiger partial charge in [-0.1, -0.05) is 12.8 Å². The van der Waals surface area contributed by atoms with Crippen molar-refractivity contribution in [1.82, 2.24) is 4.57 Å². The lowest BCUT2D eigenvalue weighted by Crippen LogP contribution is -2.41. The van der Waals surface area contributed by atoms with Crippen molar-refractivity contribution in [2.75, 3.05) is 0 Å². The molecule has 1 aliphatic heterocycles. The first-order valence-corrected chi connectivity index (χ1v) is 7.42. The van der Waals surface area contributed by atoms with Crippen LogP contribution in [0.1, 0.15) is 59.4 Å². The third kappa shape index (κ3) is 2.25. The van der Waals surface area contributed by atoms with Crippen LogP contribution in [0.25, 0.3) is 0 Å². The minimum Gasteiger partial charge on any atom is -0.399 e. The fourth-order valence-corrected chi connectivity index (χ4v) is 2.98. The Bertz CT molecular complexity index is 444. The molecule has 0 amide bonds. The van der Waals surface area contributed by atoms with Gasteiger partial charge in [-0.15, -0.1) is 0 Å². The van der Waals surface area contributed by atoms with Gasteiger partial charge in [0.1, 0.15) is 0 Å². The largest absolute Gasteiger partial charge is 0.496 e. The summed E-state index contributed by atoms with van der Waals surface area (Å²) in [4.78, 5) is 0. The molecule has 1 aromatic heterocycles. The molecule has 1 aromatic rings. The highest BCUT2D eigenvalue weighted by Crippen LogP contribution is 2.36. The summed E-state index contributed by atoms with van der Waals surface area (Å²) in [6.45, 7) is 8.39. The normalized spacial score (nSPS) is 26.2. The Morgan fingerprint density at radius 1 is 1.11 bits per heavy atom. The summed E-state index contributed by atoms with van der Waals surface area (Å²) in [7, 11) is -0.229. The van der Waals surface area contributed by atoms with Gasteiger partial charge in [0.25, 0.3) is 0 Å². The van der Waals surface area contributed by atoms with Gasteiger partial charge in [0, 0.05) is 23.9 Å². The van der Waals surface area contributed by atoms with Gasteiger partial charge in [0.15, 0.2) is 0 Å². The molecule has 19 heavy (non-hydrogen) atoms. The topological polar surface area (TPSA) is 23.4 Å². The maximum absolute atomic E-state index is 6.09. The maximum atomic E-state index is 6.09. The minimum atomic E-state index is -0.257. The fourth-order valence-electron chi connectivity index (χ4n) is 2.98. The average molecular weight is 261 g/mol. The van der Waals surface area contributed by atoms with Crippen LogP contribution >= 0.6 is 0 Å². The van der Waals surface area contributed by atoms with E-state index in [4.69, 9.17) is 9.31 Å². The van der Waals surface area contributed by atoms with Gasteiger partial charge in [0.05, 0.1) is 11.2 Å². The standard InChI is InChI=1S/C15H24BNO2/c1-14(2)15(3,4)19-16(18-14)12-9-10-17(11-12)13-7-5-6-8-13/h9-11,13H,5-8H2,1-4H3. The van der Waals surface area contributed by atoms with E-state index in [9.17, 15) is 0 Å². The molecule has 0 N–H and O–H groups in total. The summed E-state index contributed by atoms with van der Waals surface area (Å²) >= 11 is 0. The molecule has 0 bridgehead atoms. The van der Waals surface area contributed by atoms with E-state index in [1.807, 2.05) is 0 Å². The highest BCUT2D eigenvalue weighted by atomic mass is 16.7. The van der Waals surface area contributed by atoms with Crippen LogP contribution in [0, 0.1) is 0 Å². The molecule has 1 saturated carbocycles. The molecule has 4 heteroatoms. The Morgan fingerprint density at radius 2 is 1.68 bits per heavy atom. The van der Waals surface area contributed by atoms with E-state index in [1.54, 1.807) is 0 Å². The third-order valence-corrected chi connectivity index (χ3v) is 5.01. The van der Waals surface area contributed by atoms with Crippen molar-refractivity contribution < 1.29 is 9.31 Å². The van der Waals surface area contributed by atoms with Crippen LogP contribution in [-0.2, 0) is 9.31 Å². The second-order valence-corrected chi connectivity index (χ2v) is 6.92. The summed E-state index contributed by atoms with van der Waals surface area (Å²) in [5, 5.41) is 0. The number of nitrogens with zero attached hydrogens (tertiary/aromatic N) is 1. The van der Waals surface area contributed by atoms with E-state index in [-0.39, 0.29) is 18.3 Å². The zero-order chi connectivity index (χ0) is 13.7. The Labute approximate surface area is 116 Å². The van der Waals surface area contributed by atoms with E-state index in [0.717, 1.165) is 5.46 Å². The van der Waals surface area contributed by atoms with Gasteiger partial charge in [-0.05, 0) is 46.6 Å². The van der Waals surface area contributed by atoms with Crippen LogP contribution in [0.5, 0.6) is 0 Å². The Hall–Kier alpha value is -0.735. The SMILES string of the molecule is CC1(C)OB(c2ccn(C3CCCC3)c2)OC1(C)C. The average Bonchev–Trinajstić information content (AvgIpc) is 3.00. The number of hydrogen-bond donors (Lipinski definition) is 0. The van der Waals surface area contributed by atoms with E-state index >= 15 is 0 Å². The van der Waals surface area contributed by atoms with Gasteiger partial charge in [-0.2, -0.15) is 0 Å². The van der Waals surface area contributed by atoms with Crippen molar-refractivity contribution in [2.24, 2.45) is 0 Å². The van der Waals surface area contributed by atoms with Crippen LogP contribution in [-0.4, -0.2) is 22.9 Å². The first kappa shape index (κ1) is 13.3. The molecule has 2 aliphatic rings. The molecule has 1 aliphatic carbocycles. The zero-order valence-corrected chi connectivity index (χ0v) is 12.5. The predicted molar refractivity (Wildman–Crippen MR) is 77.7 cm³/mol. The van der Waals surface area contributed by atoms with Crippen LogP contribution < -0.4 is 5.46 Å². The van der Waals surface area contributed by atoms with Crippen molar-refractivity contribution in [3.8, 4) is 0 Å². The van der Waals surface area contributed by atoms with Crippen molar-refractivity contribution in [3.05, 3.63) is 18.5 Å². The van der Waals surface area contributed by atoms with Gasteiger partial charge < -0.3 is 13.9 Å². The van der Waals surface area contributed by atoms with Crippen molar-refractivity contribution in [2.45, 2.75) is 70.6 Å². The lowest BCUT2D eigenvalue weighted by Gasteiger charge is -2.32. The predicted octanol–water partition coefficient (Wildman–Crippen LogP) is 2.90. The molecule has 0 atom stereocenters. The molecule has 1 saturated heterocycles. The minimum absolute atomic E-state index is 0.229. The summed E-state index contributed by atoms with van der Waals surface area (Å²) in [5.41, 5.74) is 0.630. The van der Waals surface area contributed by atoms with Crippen LogP contribution in [0.4, 0.5) is 0 Å². The molecule has 0 aromatic carbocycles. The summed E-state index contributed by atoms with van der Waals surface area (Å²) < 4.78 is 14.5. The lowest BCUT2D eigenvalue weighted by molar-refractivity contribution is 0.00578. The fraction of sp³-hybridized carbons (Fsp3) is 0.733. The number of rotatable bonds is 2. The number of aromatic nitrogens is 1. The van der Waals surface area contributed by atoms with Gasteiger partial charge in [-0.25, -0.2) is 0 Å². The molecule has 2 heterocycles.